The van der Waals surface area contributed by atoms with Gasteiger partial charge in [-0.15, -0.1) is 0 Å². The van der Waals surface area contributed by atoms with Crippen LogP contribution in [0.25, 0.3) is 0 Å². The number of nitrogens with two attached hydrogens (primary N) is 1. The fraction of sp³-hybridized carbons (Fsp3) is 0.500. The summed E-state index contributed by atoms with van der Waals surface area (Å²) in [6.07, 6.45) is -0.690. The van der Waals surface area contributed by atoms with Crippen LogP contribution < -0.4 is 10.5 Å². The Balaban J connectivity index is 1.99. The number of fused-ring (bicyclic) bond motifs is 1. The zero-order valence-electron chi connectivity index (χ0n) is 9.45. The molecular formula is C12H17NO3S. The predicted molar refractivity (Wildman–Crippen MR) is 68.2 cm³/mol. The quantitative estimate of drug-likeness (QED) is 0.732. The van der Waals surface area contributed by atoms with E-state index in [-0.39, 0.29) is 17.9 Å². The molecule has 1 aromatic carbocycles. The normalized spacial score (nSPS) is 24.9. The number of para-hydroxylation sites is 1. The summed E-state index contributed by atoms with van der Waals surface area (Å²) in [4.78, 5) is 0. The smallest absolute Gasteiger partial charge is 0.124 e. The van der Waals surface area contributed by atoms with Gasteiger partial charge in [0, 0.05) is 17.4 Å². The van der Waals surface area contributed by atoms with E-state index >= 15 is 0 Å². The van der Waals surface area contributed by atoms with Crippen molar-refractivity contribution < 1.29 is 14.9 Å². The topological polar surface area (TPSA) is 75.7 Å². The summed E-state index contributed by atoms with van der Waals surface area (Å²) in [5.41, 5.74) is 7.18. The number of hydrogen-bond donors (Lipinski definition) is 3. The highest BCUT2D eigenvalue weighted by atomic mass is 32.2. The van der Waals surface area contributed by atoms with Gasteiger partial charge in [0.1, 0.15) is 12.4 Å². The third kappa shape index (κ3) is 2.93. The highest BCUT2D eigenvalue weighted by Gasteiger charge is 2.28. The van der Waals surface area contributed by atoms with Crippen molar-refractivity contribution >= 4 is 11.8 Å². The highest BCUT2D eigenvalue weighted by Crippen LogP contribution is 2.35. The Labute approximate surface area is 105 Å². The van der Waals surface area contributed by atoms with Gasteiger partial charge in [0.25, 0.3) is 0 Å². The molecule has 1 heterocycles. The van der Waals surface area contributed by atoms with Gasteiger partial charge < -0.3 is 20.7 Å². The van der Waals surface area contributed by atoms with Crippen molar-refractivity contribution in [3.63, 3.8) is 0 Å². The molecule has 1 aliphatic rings. The minimum Gasteiger partial charge on any atom is -0.492 e. The molecule has 5 heteroatoms. The first-order valence-corrected chi connectivity index (χ1v) is 6.65. The van der Waals surface area contributed by atoms with Crippen LogP contribution in [-0.4, -0.2) is 40.5 Å². The third-order valence-electron chi connectivity index (χ3n) is 2.80. The molecule has 4 nitrogen and oxygen atoms in total. The average Bonchev–Trinajstić information content (AvgIpc) is 2.38. The Hall–Kier alpha value is -0.750. The van der Waals surface area contributed by atoms with E-state index in [1.165, 1.54) is 0 Å². The largest absolute Gasteiger partial charge is 0.492 e. The maximum absolute atomic E-state index is 9.32. The Kier molecular flexibility index (Phi) is 4.28. The zero-order chi connectivity index (χ0) is 12.3. The van der Waals surface area contributed by atoms with E-state index in [0.717, 1.165) is 11.3 Å². The maximum atomic E-state index is 9.32. The van der Waals surface area contributed by atoms with Crippen molar-refractivity contribution in [2.45, 2.75) is 17.4 Å². The van der Waals surface area contributed by atoms with Gasteiger partial charge in [0.05, 0.1) is 18.0 Å². The molecule has 0 fully saturated rings. The summed E-state index contributed by atoms with van der Waals surface area (Å²) < 4.78 is 5.63. The van der Waals surface area contributed by atoms with E-state index in [1.807, 2.05) is 24.3 Å². The van der Waals surface area contributed by atoms with Gasteiger partial charge in [-0.3, -0.25) is 0 Å². The van der Waals surface area contributed by atoms with Gasteiger partial charge in [-0.25, -0.2) is 0 Å². The van der Waals surface area contributed by atoms with Crippen molar-refractivity contribution in [3.8, 4) is 5.75 Å². The SMILES string of the molecule is NC1c2ccccc2OCC1SCC(O)CO. The number of aliphatic hydroxyl groups excluding tert-OH is 2. The molecule has 4 N–H and O–H groups in total. The second-order valence-corrected chi connectivity index (χ2v) is 5.35. The molecule has 2 rings (SSSR count). The first-order valence-electron chi connectivity index (χ1n) is 5.60. The highest BCUT2D eigenvalue weighted by molar-refractivity contribution is 8.00. The van der Waals surface area contributed by atoms with Gasteiger partial charge in [-0.05, 0) is 6.07 Å². The summed E-state index contributed by atoms with van der Waals surface area (Å²) in [5.74, 6) is 1.32. The van der Waals surface area contributed by atoms with Crippen LogP contribution in [0.4, 0.5) is 0 Å². The molecule has 94 valence electrons. The number of hydrogen-bond acceptors (Lipinski definition) is 5. The van der Waals surface area contributed by atoms with Crippen LogP contribution in [0, 0.1) is 0 Å². The number of ether oxygens (including phenoxy) is 1. The zero-order valence-corrected chi connectivity index (χ0v) is 10.3. The van der Waals surface area contributed by atoms with Crippen LogP contribution in [0.15, 0.2) is 24.3 Å². The lowest BCUT2D eigenvalue weighted by Crippen LogP contribution is -2.35. The predicted octanol–water partition coefficient (Wildman–Crippen LogP) is 0.534. The Morgan fingerprint density at radius 3 is 3.00 bits per heavy atom. The monoisotopic (exact) mass is 255 g/mol. The molecular weight excluding hydrogens is 238 g/mol. The Morgan fingerprint density at radius 2 is 2.24 bits per heavy atom. The van der Waals surface area contributed by atoms with Crippen LogP contribution in [0.5, 0.6) is 5.75 Å². The molecule has 0 radical (unpaired) electrons. The van der Waals surface area contributed by atoms with Gasteiger partial charge >= 0.3 is 0 Å². The third-order valence-corrected chi connectivity index (χ3v) is 4.23. The number of thioether (sulfide) groups is 1. The fourth-order valence-electron chi connectivity index (χ4n) is 1.80. The van der Waals surface area contributed by atoms with Crippen LogP contribution in [-0.2, 0) is 0 Å². The molecule has 0 saturated heterocycles. The maximum Gasteiger partial charge on any atom is 0.124 e. The molecule has 0 aliphatic carbocycles. The second kappa shape index (κ2) is 5.73. The van der Waals surface area contributed by atoms with E-state index in [2.05, 4.69) is 0 Å². The minimum absolute atomic E-state index is 0.0872. The van der Waals surface area contributed by atoms with Crippen molar-refractivity contribution in [3.05, 3.63) is 29.8 Å². The summed E-state index contributed by atoms with van der Waals surface area (Å²) in [7, 11) is 0. The van der Waals surface area contributed by atoms with Crippen molar-refractivity contribution in [1.82, 2.24) is 0 Å². The van der Waals surface area contributed by atoms with Gasteiger partial charge in [0.15, 0.2) is 0 Å². The lowest BCUT2D eigenvalue weighted by Gasteiger charge is -2.31. The minimum atomic E-state index is -0.690. The van der Waals surface area contributed by atoms with E-state index in [0.29, 0.717) is 12.4 Å². The van der Waals surface area contributed by atoms with Crippen LogP contribution >= 0.6 is 11.8 Å². The summed E-state index contributed by atoms with van der Waals surface area (Å²) in [5, 5.41) is 18.2. The van der Waals surface area contributed by atoms with Gasteiger partial charge in [0.2, 0.25) is 0 Å². The standard InChI is InChI=1S/C12H17NO3S/c13-12-9-3-1-2-4-10(9)16-6-11(12)17-7-8(15)5-14/h1-4,8,11-12,14-15H,5-7,13H2. The lowest BCUT2D eigenvalue weighted by atomic mass is 10.0. The van der Waals surface area contributed by atoms with Crippen molar-refractivity contribution in [2.75, 3.05) is 19.0 Å². The van der Waals surface area contributed by atoms with Crippen LogP contribution in [0.2, 0.25) is 0 Å². The first-order chi connectivity index (χ1) is 8.22. The number of benzene rings is 1. The summed E-state index contributed by atoms with van der Waals surface area (Å²) in [6, 6.07) is 7.66. The molecule has 17 heavy (non-hydrogen) atoms. The number of aliphatic hydroxyl groups is 2. The summed E-state index contributed by atoms with van der Waals surface area (Å²) >= 11 is 1.54. The molecule has 3 atom stereocenters. The molecule has 1 aliphatic heterocycles. The Bertz CT molecular complexity index is 375. The second-order valence-electron chi connectivity index (χ2n) is 4.08. The van der Waals surface area contributed by atoms with Gasteiger partial charge in [-0.2, -0.15) is 11.8 Å². The van der Waals surface area contributed by atoms with E-state index in [9.17, 15) is 5.11 Å². The number of rotatable bonds is 4. The van der Waals surface area contributed by atoms with Crippen molar-refractivity contribution in [1.29, 1.82) is 0 Å². The molecule has 0 aromatic heterocycles. The molecule has 0 amide bonds. The Morgan fingerprint density at radius 1 is 1.47 bits per heavy atom. The summed E-state index contributed by atoms with van der Waals surface area (Å²) in [6.45, 7) is 0.327. The first kappa shape index (κ1) is 12.7. The molecule has 0 saturated carbocycles. The van der Waals surface area contributed by atoms with E-state index in [4.69, 9.17) is 15.6 Å². The average molecular weight is 255 g/mol. The molecule has 3 unspecified atom stereocenters. The van der Waals surface area contributed by atoms with E-state index in [1.54, 1.807) is 11.8 Å². The van der Waals surface area contributed by atoms with Crippen molar-refractivity contribution in [2.24, 2.45) is 5.73 Å². The van der Waals surface area contributed by atoms with Crippen LogP contribution in [0.1, 0.15) is 11.6 Å². The van der Waals surface area contributed by atoms with Crippen LogP contribution in [0.3, 0.4) is 0 Å². The fourth-order valence-corrected chi connectivity index (χ4v) is 2.90. The van der Waals surface area contributed by atoms with E-state index < -0.39 is 6.10 Å². The molecule has 1 aromatic rings. The molecule has 0 bridgehead atoms. The lowest BCUT2D eigenvalue weighted by molar-refractivity contribution is 0.113. The molecule has 0 spiro atoms. The van der Waals surface area contributed by atoms with Gasteiger partial charge in [-0.1, -0.05) is 18.2 Å².